The Morgan fingerprint density at radius 2 is 1.32 bits per heavy atom. The SMILES string of the molecule is CCCCCCCCc1ncc(-c2ccc(OCCCCCC[Si](C)(C)C)cc2)cn1. The number of hydrogen-bond acceptors (Lipinski definition) is 3. The first-order chi connectivity index (χ1) is 15.0. The Labute approximate surface area is 192 Å². The average molecular weight is 441 g/mol. The molecular weight excluding hydrogens is 396 g/mol. The molecule has 0 saturated heterocycles. The van der Waals surface area contributed by atoms with Crippen LogP contribution < -0.4 is 4.74 Å². The van der Waals surface area contributed by atoms with Gasteiger partial charge in [0.15, 0.2) is 0 Å². The molecule has 0 radical (unpaired) electrons. The summed E-state index contributed by atoms with van der Waals surface area (Å²) < 4.78 is 5.92. The van der Waals surface area contributed by atoms with E-state index in [2.05, 4.69) is 60.8 Å². The Kier molecular flexibility index (Phi) is 11.9. The molecule has 31 heavy (non-hydrogen) atoms. The van der Waals surface area contributed by atoms with Gasteiger partial charge in [-0.25, -0.2) is 9.97 Å². The van der Waals surface area contributed by atoms with Gasteiger partial charge in [0, 0.05) is 32.5 Å². The molecule has 0 unspecified atom stereocenters. The molecule has 0 spiro atoms. The minimum Gasteiger partial charge on any atom is -0.494 e. The molecule has 0 aliphatic heterocycles. The molecular formula is C27H44N2OSi. The summed E-state index contributed by atoms with van der Waals surface area (Å²) in [6, 6.07) is 9.78. The van der Waals surface area contributed by atoms with Gasteiger partial charge in [0.2, 0.25) is 0 Å². The van der Waals surface area contributed by atoms with Crippen molar-refractivity contribution < 1.29 is 4.74 Å². The molecule has 0 bridgehead atoms. The van der Waals surface area contributed by atoms with Gasteiger partial charge in [0.05, 0.1) is 6.61 Å². The van der Waals surface area contributed by atoms with Crippen LogP contribution in [0.2, 0.25) is 25.7 Å². The molecule has 3 nitrogen and oxygen atoms in total. The number of unbranched alkanes of at least 4 members (excludes halogenated alkanes) is 8. The molecule has 0 fully saturated rings. The van der Waals surface area contributed by atoms with Crippen molar-refractivity contribution in [1.29, 1.82) is 0 Å². The third-order valence-corrected chi connectivity index (χ3v) is 7.59. The van der Waals surface area contributed by atoms with E-state index >= 15 is 0 Å². The fraction of sp³-hybridized carbons (Fsp3) is 0.630. The number of rotatable bonds is 16. The van der Waals surface area contributed by atoms with E-state index in [0.717, 1.165) is 42.1 Å². The highest BCUT2D eigenvalue weighted by atomic mass is 28.3. The van der Waals surface area contributed by atoms with Gasteiger partial charge < -0.3 is 4.74 Å². The molecule has 0 N–H and O–H groups in total. The molecule has 4 heteroatoms. The second-order valence-electron chi connectivity index (χ2n) is 10.0. The van der Waals surface area contributed by atoms with E-state index < -0.39 is 8.07 Å². The average Bonchev–Trinajstić information content (AvgIpc) is 2.76. The summed E-state index contributed by atoms with van der Waals surface area (Å²) in [6.07, 6.45) is 17.8. The molecule has 2 aromatic rings. The fourth-order valence-corrected chi connectivity index (χ4v) is 5.05. The molecule has 0 aliphatic carbocycles. The zero-order chi connectivity index (χ0) is 22.4. The van der Waals surface area contributed by atoms with Crippen LogP contribution in [0.5, 0.6) is 5.75 Å². The van der Waals surface area contributed by atoms with E-state index in [1.165, 1.54) is 63.8 Å². The van der Waals surface area contributed by atoms with E-state index in [1.807, 2.05) is 12.4 Å². The first-order valence-electron chi connectivity index (χ1n) is 12.5. The lowest BCUT2D eigenvalue weighted by molar-refractivity contribution is 0.305. The lowest BCUT2D eigenvalue weighted by atomic mass is 10.1. The van der Waals surface area contributed by atoms with Gasteiger partial charge in [-0.15, -0.1) is 0 Å². The largest absolute Gasteiger partial charge is 0.494 e. The van der Waals surface area contributed by atoms with Crippen molar-refractivity contribution >= 4 is 8.07 Å². The zero-order valence-electron chi connectivity index (χ0n) is 20.5. The van der Waals surface area contributed by atoms with E-state index in [-0.39, 0.29) is 0 Å². The van der Waals surface area contributed by atoms with Gasteiger partial charge in [-0.05, 0) is 30.5 Å². The van der Waals surface area contributed by atoms with Gasteiger partial charge >= 0.3 is 0 Å². The van der Waals surface area contributed by atoms with Crippen LogP contribution in [0.1, 0.15) is 77.0 Å². The van der Waals surface area contributed by atoms with Gasteiger partial charge in [0.1, 0.15) is 11.6 Å². The van der Waals surface area contributed by atoms with E-state index in [9.17, 15) is 0 Å². The van der Waals surface area contributed by atoms with E-state index in [1.54, 1.807) is 0 Å². The lowest BCUT2D eigenvalue weighted by Crippen LogP contribution is -2.18. The summed E-state index contributed by atoms with van der Waals surface area (Å²) >= 11 is 0. The fourth-order valence-electron chi connectivity index (χ4n) is 3.74. The van der Waals surface area contributed by atoms with Crippen molar-refractivity contribution in [3.8, 4) is 16.9 Å². The third kappa shape index (κ3) is 11.5. The summed E-state index contributed by atoms with van der Waals surface area (Å²) in [4.78, 5) is 9.14. The molecule has 0 saturated carbocycles. The number of ether oxygens (including phenoxy) is 1. The highest BCUT2D eigenvalue weighted by molar-refractivity contribution is 6.76. The smallest absolute Gasteiger partial charge is 0.128 e. The topological polar surface area (TPSA) is 35.0 Å². The predicted octanol–water partition coefficient (Wildman–Crippen LogP) is 8.32. The monoisotopic (exact) mass is 440 g/mol. The van der Waals surface area contributed by atoms with Crippen LogP contribution in [0.25, 0.3) is 11.1 Å². The molecule has 0 amide bonds. The first-order valence-corrected chi connectivity index (χ1v) is 16.2. The minimum absolute atomic E-state index is 0.808. The van der Waals surface area contributed by atoms with E-state index in [0.29, 0.717) is 0 Å². The molecule has 1 aromatic heterocycles. The second-order valence-corrected chi connectivity index (χ2v) is 15.6. The van der Waals surface area contributed by atoms with Crippen LogP contribution in [0.3, 0.4) is 0 Å². The first kappa shape index (κ1) is 25.6. The molecule has 0 aliphatic rings. The van der Waals surface area contributed by atoms with Crippen LogP contribution in [-0.2, 0) is 6.42 Å². The Morgan fingerprint density at radius 1 is 0.710 bits per heavy atom. The van der Waals surface area contributed by atoms with Crippen molar-refractivity contribution in [2.75, 3.05) is 6.61 Å². The van der Waals surface area contributed by atoms with Crippen molar-refractivity contribution in [2.24, 2.45) is 0 Å². The number of hydrogen-bond donors (Lipinski definition) is 0. The van der Waals surface area contributed by atoms with Gasteiger partial charge in [-0.2, -0.15) is 0 Å². The van der Waals surface area contributed by atoms with Gasteiger partial charge in [-0.1, -0.05) is 96.1 Å². The Hall–Kier alpha value is -1.68. The summed E-state index contributed by atoms with van der Waals surface area (Å²) in [6.45, 7) is 10.4. The normalized spacial score (nSPS) is 11.6. The zero-order valence-corrected chi connectivity index (χ0v) is 21.5. The van der Waals surface area contributed by atoms with Crippen molar-refractivity contribution in [2.45, 2.75) is 103 Å². The second kappa shape index (κ2) is 14.4. The van der Waals surface area contributed by atoms with Crippen LogP contribution in [0, 0.1) is 0 Å². The molecule has 2 rings (SSSR count). The summed E-state index contributed by atoms with van der Waals surface area (Å²) in [5.74, 6) is 1.91. The minimum atomic E-state index is -0.867. The van der Waals surface area contributed by atoms with Crippen LogP contribution in [0.4, 0.5) is 0 Å². The summed E-state index contributed by atoms with van der Waals surface area (Å²) in [5, 5.41) is 0. The lowest BCUT2D eigenvalue weighted by Gasteiger charge is -2.14. The number of aromatic nitrogens is 2. The molecule has 0 atom stereocenters. The maximum atomic E-state index is 5.92. The Morgan fingerprint density at radius 3 is 2.00 bits per heavy atom. The van der Waals surface area contributed by atoms with Crippen molar-refractivity contribution in [3.63, 3.8) is 0 Å². The highest BCUT2D eigenvalue weighted by Gasteiger charge is 2.11. The Balaban J connectivity index is 1.65. The van der Waals surface area contributed by atoms with Crippen LogP contribution >= 0.6 is 0 Å². The summed E-state index contributed by atoms with van der Waals surface area (Å²) in [5.41, 5.74) is 2.21. The quantitative estimate of drug-likeness (QED) is 0.194. The van der Waals surface area contributed by atoms with Gasteiger partial charge in [-0.3, -0.25) is 0 Å². The predicted molar refractivity (Wildman–Crippen MR) is 137 cm³/mol. The highest BCUT2D eigenvalue weighted by Crippen LogP contribution is 2.22. The standard InChI is InChI=1S/C27H44N2OSi/c1-5-6-7-8-9-12-15-27-28-22-25(23-29-27)24-16-18-26(19-17-24)30-20-13-10-11-14-21-31(2,3)4/h16-19,22-23H,5-15,20-21H2,1-4H3. The number of nitrogens with zero attached hydrogens (tertiary/aromatic N) is 2. The maximum absolute atomic E-state index is 5.92. The molecule has 1 aromatic carbocycles. The van der Waals surface area contributed by atoms with Crippen LogP contribution in [-0.4, -0.2) is 24.6 Å². The third-order valence-electron chi connectivity index (χ3n) is 5.74. The van der Waals surface area contributed by atoms with Crippen LogP contribution in [0.15, 0.2) is 36.7 Å². The van der Waals surface area contributed by atoms with E-state index in [4.69, 9.17) is 4.74 Å². The number of benzene rings is 1. The number of aryl methyl sites for hydroxylation is 1. The maximum Gasteiger partial charge on any atom is 0.128 e. The van der Waals surface area contributed by atoms with Crippen molar-refractivity contribution in [1.82, 2.24) is 9.97 Å². The Bertz CT molecular complexity index is 708. The van der Waals surface area contributed by atoms with Crippen molar-refractivity contribution in [3.05, 3.63) is 42.5 Å². The summed E-state index contributed by atoms with van der Waals surface area (Å²) in [7, 11) is -0.867. The van der Waals surface area contributed by atoms with Gasteiger partial charge in [0.25, 0.3) is 0 Å². The molecule has 1 heterocycles. The molecule has 172 valence electrons.